The van der Waals surface area contributed by atoms with Crippen molar-refractivity contribution in [2.45, 2.75) is 33.3 Å². The van der Waals surface area contributed by atoms with Crippen molar-refractivity contribution in [2.24, 2.45) is 0 Å². The van der Waals surface area contributed by atoms with Crippen molar-refractivity contribution in [1.82, 2.24) is 0 Å². The minimum atomic E-state index is -0.119. The number of benzene rings is 1. The summed E-state index contributed by atoms with van der Waals surface area (Å²) in [7, 11) is 0. The van der Waals surface area contributed by atoms with Gasteiger partial charge in [-0.25, -0.2) is 0 Å². The molecule has 1 aromatic rings. The SMILES string of the molecule is Cc1c[c-]ccc1OC(C)(C)C.[Zn+][Br]. The molecule has 0 saturated carbocycles. The van der Waals surface area contributed by atoms with E-state index in [-0.39, 0.29) is 5.60 Å². The van der Waals surface area contributed by atoms with Gasteiger partial charge in [0.15, 0.2) is 0 Å². The Bertz CT molecular complexity index is 268. The topological polar surface area (TPSA) is 9.23 Å². The molecule has 14 heavy (non-hydrogen) atoms. The summed E-state index contributed by atoms with van der Waals surface area (Å²) in [6.45, 7) is 8.16. The predicted octanol–water partition coefficient (Wildman–Crippen LogP) is 3.82. The number of aryl methyl sites for hydroxylation is 1. The number of halogens is 1. The molecule has 1 nitrogen and oxygen atoms in total. The van der Waals surface area contributed by atoms with Gasteiger partial charge in [-0.05, 0) is 20.8 Å². The van der Waals surface area contributed by atoms with Gasteiger partial charge < -0.3 is 4.74 Å². The van der Waals surface area contributed by atoms with Crippen LogP contribution in [0.4, 0.5) is 0 Å². The van der Waals surface area contributed by atoms with Crippen LogP contribution >= 0.6 is 13.6 Å². The summed E-state index contributed by atoms with van der Waals surface area (Å²) in [6, 6.07) is 8.75. The Morgan fingerprint density at radius 3 is 2.36 bits per heavy atom. The maximum absolute atomic E-state index is 5.71. The van der Waals surface area contributed by atoms with Gasteiger partial charge in [0.25, 0.3) is 0 Å². The molecule has 0 amide bonds. The number of rotatable bonds is 1. The standard InChI is InChI=1S/C11H15O.BrH.Zn/c1-9-7-5-6-8-10(9)12-11(2,3)4;;/h6-8H,1-4H3;1H;/q-1;;+2/p-1. The molecule has 0 aromatic heterocycles. The molecule has 0 N–H and O–H groups in total. The second kappa shape index (κ2) is 6.58. The zero-order valence-electron chi connectivity index (χ0n) is 9.23. The molecular weight excluding hydrogens is 293 g/mol. The summed E-state index contributed by atoms with van der Waals surface area (Å²) >= 11 is 4.25. The average molecular weight is 309 g/mol. The van der Waals surface area contributed by atoms with Crippen molar-refractivity contribution in [3.8, 4) is 5.75 Å². The van der Waals surface area contributed by atoms with Gasteiger partial charge in [-0.1, -0.05) is 6.92 Å². The summed E-state index contributed by atoms with van der Waals surface area (Å²) in [6.07, 6.45) is 0. The molecule has 0 saturated heterocycles. The molecule has 0 radical (unpaired) electrons. The Kier molecular flexibility index (Phi) is 6.64. The van der Waals surface area contributed by atoms with Gasteiger partial charge in [0.2, 0.25) is 0 Å². The molecule has 0 aliphatic carbocycles. The Morgan fingerprint density at radius 2 is 1.93 bits per heavy atom. The van der Waals surface area contributed by atoms with E-state index in [1.165, 1.54) is 16.3 Å². The van der Waals surface area contributed by atoms with Crippen LogP contribution in [0, 0.1) is 13.0 Å². The Labute approximate surface area is 103 Å². The molecule has 0 unspecified atom stereocenters. The van der Waals surface area contributed by atoms with Crippen molar-refractivity contribution in [3.63, 3.8) is 0 Å². The number of hydrogen-bond donors (Lipinski definition) is 0. The molecule has 0 heterocycles. The van der Waals surface area contributed by atoms with Crippen molar-refractivity contribution < 1.29 is 21.1 Å². The Morgan fingerprint density at radius 1 is 1.36 bits per heavy atom. The van der Waals surface area contributed by atoms with Gasteiger partial charge in [-0.15, -0.1) is 11.6 Å². The van der Waals surface area contributed by atoms with Crippen LogP contribution in [0.3, 0.4) is 0 Å². The quantitative estimate of drug-likeness (QED) is 0.566. The van der Waals surface area contributed by atoms with Crippen molar-refractivity contribution in [1.29, 1.82) is 0 Å². The van der Waals surface area contributed by atoms with Gasteiger partial charge in [-0.3, -0.25) is 0 Å². The van der Waals surface area contributed by atoms with E-state index in [0.29, 0.717) is 0 Å². The van der Waals surface area contributed by atoms with Gasteiger partial charge in [0.05, 0.1) is 5.60 Å². The third-order valence-electron chi connectivity index (χ3n) is 1.44. The number of ether oxygens (including phenoxy) is 1. The predicted molar refractivity (Wildman–Crippen MR) is 59.3 cm³/mol. The molecule has 1 rings (SSSR count). The van der Waals surface area contributed by atoms with E-state index < -0.39 is 0 Å². The number of hydrogen-bond acceptors (Lipinski definition) is 1. The molecule has 3 heteroatoms. The minimum absolute atomic E-state index is 0.119. The third-order valence-corrected chi connectivity index (χ3v) is 1.44. The summed E-state index contributed by atoms with van der Waals surface area (Å²) in [5.41, 5.74) is 1.01. The van der Waals surface area contributed by atoms with Crippen LogP contribution in [0.15, 0.2) is 18.2 Å². The van der Waals surface area contributed by atoms with E-state index in [1.807, 2.05) is 45.9 Å². The Hall–Kier alpha value is 0.123. The molecule has 0 atom stereocenters. The van der Waals surface area contributed by atoms with Crippen LogP contribution in [0.25, 0.3) is 0 Å². The molecule has 0 spiro atoms. The molecule has 0 aliphatic rings. The fourth-order valence-corrected chi connectivity index (χ4v) is 0.944. The van der Waals surface area contributed by atoms with E-state index in [9.17, 15) is 0 Å². The first-order valence-electron chi connectivity index (χ1n) is 4.41. The molecular formula is C11H15BrOZn. The second-order valence-corrected chi connectivity index (χ2v) is 3.91. The van der Waals surface area contributed by atoms with E-state index in [2.05, 4.69) is 19.7 Å². The van der Waals surface area contributed by atoms with Crippen LogP contribution < -0.4 is 4.74 Å². The van der Waals surface area contributed by atoms with Crippen molar-refractivity contribution >= 4 is 13.6 Å². The molecule has 0 fully saturated rings. The fraction of sp³-hybridized carbons (Fsp3) is 0.455. The van der Waals surface area contributed by atoms with Gasteiger partial charge in [0, 0.05) is 5.75 Å². The molecule has 74 valence electrons. The molecule has 0 aliphatic heterocycles. The first-order valence-corrected chi connectivity index (χ1v) is 11.4. The van der Waals surface area contributed by atoms with Crippen LogP contribution in [0.5, 0.6) is 5.75 Å². The van der Waals surface area contributed by atoms with E-state index in [0.717, 1.165) is 11.3 Å². The first-order chi connectivity index (χ1) is 6.49. The maximum atomic E-state index is 5.71. The average Bonchev–Trinajstić information content (AvgIpc) is 2.10. The first kappa shape index (κ1) is 14.1. The van der Waals surface area contributed by atoms with Gasteiger partial charge >= 0.3 is 30.0 Å². The summed E-state index contributed by atoms with van der Waals surface area (Å²) in [4.78, 5) is 0. The van der Waals surface area contributed by atoms with Crippen LogP contribution in [0.2, 0.25) is 0 Å². The normalized spacial score (nSPS) is 10.2. The third kappa shape index (κ3) is 5.77. The molecule has 1 aromatic carbocycles. The van der Waals surface area contributed by atoms with E-state index in [4.69, 9.17) is 4.74 Å². The summed E-state index contributed by atoms with van der Waals surface area (Å²) in [5.74, 6) is 0.946. The van der Waals surface area contributed by atoms with Crippen molar-refractivity contribution in [2.75, 3.05) is 0 Å². The second-order valence-electron chi connectivity index (χ2n) is 3.91. The monoisotopic (exact) mass is 306 g/mol. The van der Waals surface area contributed by atoms with Gasteiger partial charge in [-0.2, -0.15) is 18.2 Å². The molecule has 0 bridgehead atoms. The Balaban J connectivity index is 0.000000791. The van der Waals surface area contributed by atoms with Crippen LogP contribution in [0.1, 0.15) is 26.3 Å². The summed E-state index contributed by atoms with van der Waals surface area (Å²) in [5, 5.41) is 0. The van der Waals surface area contributed by atoms with Crippen molar-refractivity contribution in [3.05, 3.63) is 29.8 Å². The summed E-state index contributed by atoms with van der Waals surface area (Å²) < 4.78 is 5.71. The zero-order valence-corrected chi connectivity index (χ0v) is 13.8. The van der Waals surface area contributed by atoms with E-state index in [1.54, 1.807) is 0 Å². The fourth-order valence-electron chi connectivity index (χ4n) is 0.944. The van der Waals surface area contributed by atoms with Crippen LogP contribution in [-0.2, 0) is 16.3 Å². The zero-order chi connectivity index (χ0) is 11.2. The van der Waals surface area contributed by atoms with Gasteiger partial charge in [0.1, 0.15) is 0 Å². The van der Waals surface area contributed by atoms with Crippen LogP contribution in [-0.4, -0.2) is 5.60 Å². The van der Waals surface area contributed by atoms with E-state index >= 15 is 0 Å².